The Morgan fingerprint density at radius 3 is 1.47 bits per heavy atom. The zero-order valence-corrected chi connectivity index (χ0v) is 55.9. The van der Waals surface area contributed by atoms with Gasteiger partial charge in [0.25, 0.3) is 0 Å². The molecule has 6 aromatic rings. The van der Waals surface area contributed by atoms with Crippen molar-refractivity contribution in [1.29, 1.82) is 0 Å². The molecule has 0 aromatic heterocycles. The van der Waals surface area contributed by atoms with E-state index in [0.29, 0.717) is 28.0 Å². The maximum Gasteiger partial charge on any atom is 0.203 e. The largest absolute Gasteiger partial charge is 0.545 e. The molecule has 91 heavy (non-hydrogen) atoms. The lowest BCUT2D eigenvalue weighted by molar-refractivity contribution is -0.462. The van der Waals surface area contributed by atoms with Crippen LogP contribution in [-0.2, 0) is 5.41 Å². The predicted octanol–water partition coefficient (Wildman–Crippen LogP) is 8.68. The van der Waals surface area contributed by atoms with E-state index in [-0.39, 0.29) is 22.1 Å². The van der Waals surface area contributed by atoms with Crippen molar-refractivity contribution < 1.29 is 43.3 Å². The number of anilines is 3. The zero-order valence-electron chi connectivity index (χ0n) is 54.9. The predicted molar refractivity (Wildman–Crippen MR) is 368 cm³/mol. The van der Waals surface area contributed by atoms with Crippen molar-refractivity contribution in [2.24, 2.45) is 0 Å². The Balaban J connectivity index is 0.000000150. The second-order valence-electron chi connectivity index (χ2n) is 25.6. The highest BCUT2D eigenvalue weighted by atomic mass is 28.3. The van der Waals surface area contributed by atoms with Crippen LogP contribution in [0.15, 0.2) is 208 Å². The molecule has 6 aliphatic rings. The van der Waals surface area contributed by atoms with Gasteiger partial charge in [0, 0.05) is 134 Å². The van der Waals surface area contributed by atoms with E-state index in [1.165, 1.54) is 21.5 Å². The van der Waals surface area contributed by atoms with Crippen LogP contribution in [0.1, 0.15) is 72.7 Å². The van der Waals surface area contributed by atoms with Crippen molar-refractivity contribution in [3.05, 3.63) is 254 Å². The van der Waals surface area contributed by atoms with E-state index in [9.17, 15) is 29.7 Å². The molecule has 14 heteroatoms. The summed E-state index contributed by atoms with van der Waals surface area (Å²) in [5.74, 6) is -2.81. The molecular formula is C77H78N6O7Si. The Labute approximate surface area is 534 Å². The average Bonchev–Trinajstić information content (AvgIpc) is 0.732. The van der Waals surface area contributed by atoms with Gasteiger partial charge in [-0.3, -0.25) is 0 Å². The molecular weight excluding hydrogens is 1150 g/mol. The number of benzene rings is 7. The Kier molecular flexibility index (Phi) is 17.5. The lowest BCUT2D eigenvalue weighted by Crippen LogP contribution is -2.49. The molecule has 0 saturated carbocycles. The summed E-state index contributed by atoms with van der Waals surface area (Å²) >= 11 is 0. The smallest absolute Gasteiger partial charge is 0.203 e. The highest BCUT2D eigenvalue weighted by Gasteiger charge is 2.42. The Morgan fingerprint density at radius 1 is 0.473 bits per heavy atom. The molecule has 0 radical (unpaired) electrons. The lowest BCUT2D eigenvalue weighted by atomic mass is 9.64. The number of carboxylic acids is 3. The average molecular weight is 1230 g/mol. The highest BCUT2D eigenvalue weighted by molar-refractivity contribution is 6.98. The van der Waals surface area contributed by atoms with Gasteiger partial charge in [-0.15, -0.1) is 0 Å². The van der Waals surface area contributed by atoms with Crippen LogP contribution >= 0.6 is 0 Å². The topological polar surface area (TPSA) is 152 Å². The van der Waals surface area contributed by atoms with Crippen molar-refractivity contribution >= 4 is 81.8 Å². The quantitative estimate of drug-likeness (QED) is 0.0780. The van der Waals surface area contributed by atoms with Gasteiger partial charge < -0.3 is 48.8 Å². The maximum absolute atomic E-state index is 12.0. The molecule has 0 N–H and O–H groups in total. The number of hydrogen-bond donors (Lipinski definition) is 0. The summed E-state index contributed by atoms with van der Waals surface area (Å²) in [6.07, 6.45) is 13.0. The normalized spacial score (nSPS) is 14.7. The second-order valence-corrected chi connectivity index (χ2v) is 30.0. The first-order chi connectivity index (χ1) is 43.1. The van der Waals surface area contributed by atoms with Crippen molar-refractivity contribution in [3.8, 4) is 22.5 Å². The zero-order chi connectivity index (χ0) is 65.7. The molecule has 0 unspecified atom stereocenters. The van der Waals surface area contributed by atoms with Gasteiger partial charge in [-0.2, -0.15) is 0 Å². The van der Waals surface area contributed by atoms with E-state index < -0.39 is 26.0 Å². The fourth-order valence-electron chi connectivity index (χ4n) is 12.7. The molecule has 12 rings (SSSR count). The molecule has 0 spiro atoms. The number of aromatic carboxylic acids is 3. The molecule has 0 atom stereocenters. The molecule has 13 nitrogen and oxygen atoms in total. The molecule has 4 aliphatic carbocycles. The summed E-state index contributed by atoms with van der Waals surface area (Å²) in [5.41, 5.74) is 19.0. The third-order valence-corrected chi connectivity index (χ3v) is 21.3. The first kappa shape index (κ1) is 63.8. The second kappa shape index (κ2) is 25.0. The minimum Gasteiger partial charge on any atom is -0.545 e. The molecule has 0 bridgehead atoms. The van der Waals surface area contributed by atoms with Crippen LogP contribution < -0.4 is 45.1 Å². The first-order valence-corrected chi connectivity index (χ1v) is 33.3. The SMILES string of the molecule is CN(C)c1ccc2c(-c3ccccc3C(=O)[O-])c3ccc(=[N+](C)C)cc-3oc2c1.CN(C)c1ccc2c(c1)C(C)(C)C1=CC(=[N+](C)C)C=CC1=C2c1ccccc1C(=O)[O-].CN(C)c1ccc2c(c1)[Si](C)(C)C1=CC(=[N+](C)C)C=CC1=C2c1ccccc1C(=O)[O-]. The van der Waals surface area contributed by atoms with Gasteiger partial charge in [0.1, 0.15) is 61.7 Å². The Morgan fingerprint density at radius 2 is 0.934 bits per heavy atom. The van der Waals surface area contributed by atoms with Gasteiger partial charge in [-0.05, 0) is 126 Å². The summed E-state index contributed by atoms with van der Waals surface area (Å²) in [6, 6.07) is 46.2. The fourth-order valence-corrected chi connectivity index (χ4v) is 15.8. The maximum atomic E-state index is 12.0. The van der Waals surface area contributed by atoms with E-state index >= 15 is 0 Å². The van der Waals surface area contributed by atoms with E-state index in [1.54, 1.807) is 36.4 Å². The lowest BCUT2D eigenvalue weighted by Gasteiger charge is -2.39. The monoisotopic (exact) mass is 1230 g/mol. The van der Waals surface area contributed by atoms with Crippen molar-refractivity contribution in [2.45, 2.75) is 32.4 Å². The third-order valence-electron chi connectivity index (χ3n) is 17.8. The van der Waals surface area contributed by atoms with Crippen LogP contribution in [0.4, 0.5) is 17.1 Å². The van der Waals surface area contributed by atoms with Crippen LogP contribution in [0.5, 0.6) is 0 Å². The number of rotatable bonds is 9. The van der Waals surface area contributed by atoms with Gasteiger partial charge >= 0.3 is 0 Å². The van der Waals surface area contributed by atoms with Gasteiger partial charge in [0.05, 0.1) is 24.0 Å². The van der Waals surface area contributed by atoms with Gasteiger partial charge in [0.15, 0.2) is 11.4 Å². The first-order valence-electron chi connectivity index (χ1n) is 30.3. The summed E-state index contributed by atoms with van der Waals surface area (Å²) in [7, 11) is 22.2. The van der Waals surface area contributed by atoms with Gasteiger partial charge in [-0.1, -0.05) is 112 Å². The van der Waals surface area contributed by atoms with Gasteiger partial charge in [-0.25, -0.2) is 13.7 Å². The summed E-state index contributed by atoms with van der Waals surface area (Å²) in [6.45, 7) is 9.24. The number of hydrogen-bond acceptors (Lipinski definition) is 10. The Hall–Kier alpha value is -10.2. The molecule has 6 aromatic carbocycles. The molecule has 2 aliphatic heterocycles. The fraction of sp³-hybridized carbons (Fsp3) is 0.221. The van der Waals surface area contributed by atoms with Crippen LogP contribution in [0.3, 0.4) is 0 Å². The van der Waals surface area contributed by atoms with Crippen molar-refractivity contribution in [1.82, 2.24) is 4.58 Å². The van der Waals surface area contributed by atoms with E-state index in [4.69, 9.17) is 4.42 Å². The van der Waals surface area contributed by atoms with Crippen LogP contribution in [0.2, 0.25) is 13.1 Å². The number of carboxylic acid groups (broad SMARTS) is 3. The van der Waals surface area contributed by atoms with Crippen LogP contribution in [-0.4, -0.2) is 131 Å². The minimum absolute atomic E-state index is 0.162. The standard InChI is InChI=1S/C27H28N2O2.C26H28N2O2Si.C24H22N2O3/c1-27(2)23-15-17(28(3)4)11-13-21(23)25(19-9-7-8-10-20(19)26(30)31)22-14-12-18(29(5)6)16-24(22)27;1-27(2)17-11-13-21-23(15-17)31(5,6)24-16-18(28(3)4)12-14-22(24)25(21)19-9-7-8-10-20(19)26(29)30;1-25(2)15-9-11-19-21(13-15)29-22-14-16(26(3)4)10-12-20(22)23(19)17-7-5-6-8-18(17)24(27)28/h2*7-16H,1-6H3;5-14H,1-4H3. The highest BCUT2D eigenvalue weighted by Crippen LogP contribution is 2.51. The van der Waals surface area contributed by atoms with Crippen LogP contribution in [0.25, 0.3) is 44.6 Å². The molecule has 2 heterocycles. The summed E-state index contributed by atoms with van der Waals surface area (Å²) in [5, 5.41) is 40.3. The molecule has 0 fully saturated rings. The number of carbonyl (C=O) groups is 3. The minimum atomic E-state index is -2.04. The summed E-state index contributed by atoms with van der Waals surface area (Å²) in [4.78, 5) is 42.0. The molecule has 0 amide bonds. The molecule has 462 valence electrons. The number of fused-ring (bicyclic) bond motifs is 6. The number of nitrogens with zero attached hydrogens (tertiary/aromatic N) is 6. The molecule has 0 saturated heterocycles. The van der Waals surface area contributed by atoms with Gasteiger partial charge in [0.2, 0.25) is 5.36 Å². The van der Waals surface area contributed by atoms with Crippen molar-refractivity contribution in [2.75, 3.05) is 99.3 Å². The van der Waals surface area contributed by atoms with E-state index in [1.807, 2.05) is 167 Å². The van der Waals surface area contributed by atoms with Crippen molar-refractivity contribution in [3.63, 3.8) is 0 Å². The number of allylic oxidation sites excluding steroid dienone is 10. The van der Waals surface area contributed by atoms with E-state index in [2.05, 4.69) is 119 Å². The van der Waals surface area contributed by atoms with Crippen LogP contribution in [0, 0.1) is 0 Å². The third kappa shape index (κ3) is 12.0. The summed E-state index contributed by atoms with van der Waals surface area (Å²) < 4.78 is 12.5. The Bertz CT molecular complexity index is 4470. The van der Waals surface area contributed by atoms with E-state index in [0.717, 1.165) is 83.8 Å². The number of carbonyl (C=O) groups excluding carboxylic acids is 3.